The second kappa shape index (κ2) is 10.2. The first-order valence-electron chi connectivity index (χ1n) is 11.8. The van der Waals surface area contributed by atoms with Crippen LogP contribution >= 0.6 is 23.2 Å². The number of nitriles is 1. The van der Waals surface area contributed by atoms with E-state index in [1.165, 1.54) is 6.07 Å². The molecule has 1 fully saturated rings. The van der Waals surface area contributed by atoms with Crippen molar-refractivity contribution >= 4 is 29.0 Å². The number of hydrogen-bond acceptors (Lipinski definition) is 4. The molecule has 2 N–H and O–H groups in total. The Kier molecular flexibility index (Phi) is 8.04. The summed E-state index contributed by atoms with van der Waals surface area (Å²) in [7, 11) is 0. The van der Waals surface area contributed by atoms with Crippen molar-refractivity contribution in [3.8, 4) is 6.07 Å². The van der Waals surface area contributed by atoms with Crippen molar-refractivity contribution in [3.05, 3.63) is 69.5 Å². The molecule has 188 valence electrons. The van der Waals surface area contributed by atoms with Crippen molar-refractivity contribution < 1.29 is 14.3 Å². The van der Waals surface area contributed by atoms with Crippen LogP contribution in [0.4, 0.5) is 4.39 Å². The second-order valence-corrected chi connectivity index (χ2v) is 12.4. The van der Waals surface area contributed by atoms with Crippen LogP contribution in [0, 0.1) is 28.0 Å². The van der Waals surface area contributed by atoms with Gasteiger partial charge in [-0.25, -0.2) is 4.39 Å². The number of rotatable bonds is 7. The third-order valence-corrected chi connectivity index (χ3v) is 7.37. The largest absolute Gasteiger partial charge is 0.396 e. The van der Waals surface area contributed by atoms with Crippen molar-refractivity contribution in [2.45, 2.75) is 70.9 Å². The molecule has 7 heteroatoms. The lowest BCUT2D eigenvalue weighted by atomic mass is 9.62. The highest BCUT2D eigenvalue weighted by Crippen LogP contribution is 2.52. The Balaban J connectivity index is 2.31. The highest BCUT2D eigenvalue weighted by Gasteiger charge is 2.60. The van der Waals surface area contributed by atoms with Gasteiger partial charge in [0.2, 0.25) is 0 Å². The summed E-state index contributed by atoms with van der Waals surface area (Å²) in [5, 5.41) is 24.5. The Morgan fingerprint density at radius 2 is 1.77 bits per heavy atom. The summed E-state index contributed by atoms with van der Waals surface area (Å²) in [5.74, 6) is -1.66. The Morgan fingerprint density at radius 3 is 2.31 bits per heavy atom. The average Bonchev–Trinajstić information content (AvgIpc) is 3.09. The molecular weight excluding hydrogens is 486 g/mol. The van der Waals surface area contributed by atoms with Crippen LogP contribution in [-0.4, -0.2) is 29.6 Å². The number of halogens is 3. The van der Waals surface area contributed by atoms with Crippen LogP contribution < -0.4 is 5.32 Å². The Hall–Kier alpha value is -1.97. The number of Topliss-reactive ketones (excluding diaryl/α,β-unsaturated/α-hetero) is 1. The Bertz CT molecular complexity index is 1120. The fraction of sp³-hybridized carbons (Fsp3) is 0.500. The predicted molar refractivity (Wildman–Crippen MR) is 138 cm³/mol. The first kappa shape index (κ1) is 27.6. The van der Waals surface area contributed by atoms with Gasteiger partial charge in [-0.05, 0) is 46.6 Å². The van der Waals surface area contributed by atoms with E-state index in [2.05, 4.69) is 32.2 Å². The van der Waals surface area contributed by atoms with E-state index in [4.69, 9.17) is 23.2 Å². The molecule has 1 aliphatic heterocycles. The van der Waals surface area contributed by atoms with Crippen LogP contribution in [0.25, 0.3) is 0 Å². The highest BCUT2D eigenvalue weighted by atomic mass is 35.5. The Labute approximate surface area is 217 Å². The van der Waals surface area contributed by atoms with Crippen LogP contribution in [0.5, 0.6) is 0 Å². The van der Waals surface area contributed by atoms with Crippen LogP contribution in [0.1, 0.15) is 64.5 Å². The summed E-state index contributed by atoms with van der Waals surface area (Å²) in [6.07, 6.45) is 0.638. The minimum absolute atomic E-state index is 0.0633. The number of carbonyl (C=O) groups excluding carboxylic acids is 1. The number of ketones is 1. The van der Waals surface area contributed by atoms with E-state index in [0.29, 0.717) is 17.0 Å². The maximum atomic E-state index is 15.6. The van der Waals surface area contributed by atoms with Gasteiger partial charge in [-0.2, -0.15) is 5.26 Å². The highest BCUT2D eigenvalue weighted by molar-refractivity contribution is 6.31. The first-order chi connectivity index (χ1) is 16.3. The maximum Gasteiger partial charge on any atom is 0.151 e. The smallest absolute Gasteiger partial charge is 0.151 e. The van der Waals surface area contributed by atoms with Gasteiger partial charge in [-0.15, -0.1) is 0 Å². The predicted octanol–water partition coefficient (Wildman–Crippen LogP) is 6.43. The molecular formula is C28H33Cl2FN2O2. The van der Waals surface area contributed by atoms with Crippen LogP contribution in [0.3, 0.4) is 0 Å². The number of nitrogens with zero attached hydrogens (tertiary/aromatic N) is 1. The molecule has 0 aliphatic carbocycles. The fourth-order valence-corrected chi connectivity index (χ4v) is 5.48. The normalized spacial score (nSPS) is 24.9. The van der Waals surface area contributed by atoms with Gasteiger partial charge in [0.05, 0.1) is 17.1 Å². The number of nitrogens with one attached hydrogen (secondary N) is 1. The fourth-order valence-electron chi connectivity index (χ4n) is 5.18. The molecule has 0 radical (unpaired) electrons. The zero-order valence-electron chi connectivity index (χ0n) is 20.8. The molecule has 0 aromatic heterocycles. The lowest BCUT2D eigenvalue weighted by Gasteiger charge is -2.37. The summed E-state index contributed by atoms with van der Waals surface area (Å²) >= 11 is 12.3. The number of aliphatic hydroxyl groups is 1. The van der Waals surface area contributed by atoms with Crippen molar-refractivity contribution in [2.75, 3.05) is 6.61 Å². The van der Waals surface area contributed by atoms with E-state index in [-0.39, 0.29) is 34.8 Å². The third-order valence-electron chi connectivity index (χ3n) is 6.82. The average molecular weight is 519 g/mol. The molecule has 4 atom stereocenters. The minimum Gasteiger partial charge on any atom is -0.396 e. The topological polar surface area (TPSA) is 73.1 Å². The Morgan fingerprint density at radius 1 is 1.14 bits per heavy atom. The molecule has 4 nitrogen and oxygen atoms in total. The summed E-state index contributed by atoms with van der Waals surface area (Å²) in [6, 6.07) is 12.9. The van der Waals surface area contributed by atoms with E-state index >= 15 is 4.39 Å². The SMILES string of the molecule is CC(C)(C)C[C@@H]1N[C@@H](C(=O)CC(C)(C)CO)[C@H](c2cccc(Cl)c2F)[C@@]1(C#N)c1ccc(Cl)cc1. The summed E-state index contributed by atoms with van der Waals surface area (Å²) in [5.41, 5.74) is -1.24. The van der Waals surface area contributed by atoms with Crippen molar-refractivity contribution in [3.63, 3.8) is 0 Å². The van der Waals surface area contributed by atoms with E-state index in [1.54, 1.807) is 50.2 Å². The van der Waals surface area contributed by atoms with E-state index in [1.807, 2.05) is 0 Å². The molecule has 1 heterocycles. The molecule has 1 saturated heterocycles. The minimum atomic E-state index is -1.27. The first-order valence-corrected chi connectivity index (χ1v) is 12.5. The monoisotopic (exact) mass is 518 g/mol. The van der Waals surface area contributed by atoms with Gasteiger partial charge < -0.3 is 10.4 Å². The van der Waals surface area contributed by atoms with Gasteiger partial charge in [0.15, 0.2) is 5.78 Å². The molecule has 35 heavy (non-hydrogen) atoms. The van der Waals surface area contributed by atoms with Gasteiger partial charge in [0, 0.05) is 30.0 Å². The lowest BCUT2D eigenvalue weighted by molar-refractivity contribution is -0.123. The molecule has 0 saturated carbocycles. The van der Waals surface area contributed by atoms with Gasteiger partial charge >= 0.3 is 0 Å². The van der Waals surface area contributed by atoms with Crippen LogP contribution in [0.15, 0.2) is 42.5 Å². The lowest BCUT2D eigenvalue weighted by Crippen LogP contribution is -2.44. The van der Waals surface area contributed by atoms with Crippen molar-refractivity contribution in [1.82, 2.24) is 5.32 Å². The van der Waals surface area contributed by atoms with Crippen molar-refractivity contribution in [2.24, 2.45) is 10.8 Å². The molecule has 3 rings (SSSR count). The molecule has 0 unspecified atom stereocenters. The summed E-state index contributed by atoms with van der Waals surface area (Å²) in [6.45, 7) is 9.64. The molecule has 0 spiro atoms. The van der Waals surface area contributed by atoms with Gasteiger partial charge in [-0.1, -0.05) is 82.1 Å². The zero-order chi connectivity index (χ0) is 26.2. The van der Waals surface area contributed by atoms with Crippen LogP contribution in [-0.2, 0) is 10.2 Å². The third kappa shape index (κ3) is 5.57. The van der Waals surface area contributed by atoms with E-state index < -0.39 is 34.6 Å². The van der Waals surface area contributed by atoms with Gasteiger partial charge in [0.25, 0.3) is 0 Å². The number of carbonyl (C=O) groups is 1. The maximum absolute atomic E-state index is 15.6. The van der Waals surface area contributed by atoms with Crippen molar-refractivity contribution in [1.29, 1.82) is 5.26 Å². The summed E-state index contributed by atoms with van der Waals surface area (Å²) < 4.78 is 15.6. The number of aliphatic hydroxyl groups excluding tert-OH is 1. The second-order valence-electron chi connectivity index (χ2n) is 11.5. The molecule has 0 bridgehead atoms. The zero-order valence-corrected chi connectivity index (χ0v) is 22.3. The molecule has 2 aromatic carbocycles. The van der Waals surface area contributed by atoms with Crippen LogP contribution in [0.2, 0.25) is 10.0 Å². The summed E-state index contributed by atoms with van der Waals surface area (Å²) in [4.78, 5) is 13.7. The van der Waals surface area contributed by atoms with Gasteiger partial charge in [-0.3, -0.25) is 4.79 Å². The number of benzene rings is 2. The van der Waals surface area contributed by atoms with E-state index in [9.17, 15) is 15.2 Å². The molecule has 2 aromatic rings. The number of hydrogen-bond donors (Lipinski definition) is 2. The van der Waals surface area contributed by atoms with Gasteiger partial charge in [0.1, 0.15) is 11.2 Å². The molecule has 0 amide bonds. The quantitative estimate of drug-likeness (QED) is 0.442. The molecule has 1 aliphatic rings. The van der Waals surface area contributed by atoms with E-state index in [0.717, 1.165) is 0 Å². The standard InChI is InChI=1S/C28H33Cl2FN2O2/c1-26(2,3)14-22-28(15-32,17-9-11-18(29)12-10-17)23(19-7-6-8-20(30)24(19)31)25(33-22)21(35)13-27(4,5)16-34/h6-12,22-23,25,33-34H,13-14,16H2,1-5H3/t22-,23-,25-,28-/m0/s1.